The SMILES string of the molecule is C=C[CH2][Zr+]([C]1=C(C)C(C)=C(C)C1C)[C]1=C(C)C(C)=C(C)C1C.[Cl-]. The third-order valence-corrected chi connectivity index (χ3v) is 15.2. The summed E-state index contributed by atoms with van der Waals surface area (Å²) >= 11 is -1.87. The molecule has 0 aromatic carbocycles. The molecule has 2 aliphatic rings. The van der Waals surface area contributed by atoms with Crippen molar-refractivity contribution >= 4 is 0 Å². The fourth-order valence-corrected chi connectivity index (χ4v) is 13.5. The van der Waals surface area contributed by atoms with Gasteiger partial charge >= 0.3 is 146 Å². The minimum atomic E-state index is -1.87. The molecule has 0 N–H and O–H groups in total. The number of allylic oxidation sites excluding steroid dienone is 9. The molecule has 2 heteroatoms. The van der Waals surface area contributed by atoms with E-state index in [9.17, 15) is 0 Å². The maximum absolute atomic E-state index is 4.10. The third kappa shape index (κ3) is 3.34. The van der Waals surface area contributed by atoms with Gasteiger partial charge in [-0.2, -0.15) is 0 Å². The van der Waals surface area contributed by atoms with E-state index < -0.39 is 21.8 Å². The van der Waals surface area contributed by atoms with E-state index in [1.165, 1.54) is 4.13 Å². The van der Waals surface area contributed by atoms with Crippen LogP contribution in [0.5, 0.6) is 0 Å². The van der Waals surface area contributed by atoms with Crippen molar-refractivity contribution in [1.82, 2.24) is 0 Å². The van der Waals surface area contributed by atoms with Crippen LogP contribution in [0.15, 0.2) is 52.7 Å². The van der Waals surface area contributed by atoms with Gasteiger partial charge < -0.3 is 12.4 Å². The molecule has 0 spiro atoms. The molecule has 0 saturated carbocycles. The summed E-state index contributed by atoms with van der Waals surface area (Å²) in [6, 6.07) is 0. The monoisotopic (exact) mass is 408 g/mol. The van der Waals surface area contributed by atoms with E-state index in [1.54, 1.807) is 33.4 Å². The Morgan fingerprint density at radius 1 is 0.783 bits per heavy atom. The molecule has 0 saturated heterocycles. The molecule has 2 atom stereocenters. The summed E-state index contributed by atoms with van der Waals surface area (Å²) in [5.74, 6) is 1.31. The van der Waals surface area contributed by atoms with E-state index in [1.807, 2.05) is 6.56 Å². The maximum Gasteiger partial charge on any atom is -1.00 e. The van der Waals surface area contributed by atoms with Crippen LogP contribution in [0.4, 0.5) is 0 Å². The van der Waals surface area contributed by atoms with Crippen LogP contribution in [0.25, 0.3) is 0 Å². The van der Waals surface area contributed by atoms with Crippen molar-refractivity contribution in [1.29, 1.82) is 0 Å². The van der Waals surface area contributed by atoms with E-state index >= 15 is 0 Å². The van der Waals surface area contributed by atoms with Crippen molar-refractivity contribution < 1.29 is 34.2 Å². The fourth-order valence-electron chi connectivity index (χ4n) is 4.21. The molecule has 0 bridgehead atoms. The second-order valence-corrected chi connectivity index (χ2v) is 13.1. The Labute approximate surface area is 157 Å². The second kappa shape index (κ2) is 7.84. The largest absolute Gasteiger partial charge is 1.00 e. The van der Waals surface area contributed by atoms with Crippen molar-refractivity contribution in [2.75, 3.05) is 0 Å². The Bertz CT molecular complexity index is 591. The molecule has 0 fully saturated rings. The summed E-state index contributed by atoms with van der Waals surface area (Å²) in [5.41, 5.74) is 9.51. The first kappa shape index (κ1) is 20.9. The van der Waals surface area contributed by atoms with Crippen LogP contribution in [0.2, 0.25) is 4.13 Å². The Morgan fingerprint density at radius 3 is 1.35 bits per heavy atom. The quantitative estimate of drug-likeness (QED) is 0.620. The average molecular weight is 410 g/mol. The van der Waals surface area contributed by atoms with Gasteiger partial charge in [-0.05, 0) is 0 Å². The Hall–Kier alpha value is -0.127. The van der Waals surface area contributed by atoms with Gasteiger partial charge in [-0.1, -0.05) is 0 Å². The Morgan fingerprint density at radius 2 is 1.13 bits per heavy atom. The molecular weight excluding hydrogens is 379 g/mol. The molecule has 0 aromatic heterocycles. The van der Waals surface area contributed by atoms with Gasteiger partial charge in [0.1, 0.15) is 0 Å². The Balaban J connectivity index is 0.00000264. The number of hydrogen-bond acceptors (Lipinski definition) is 0. The molecule has 0 nitrogen and oxygen atoms in total. The first-order valence-electron chi connectivity index (χ1n) is 8.48. The van der Waals surface area contributed by atoms with E-state index in [0.29, 0.717) is 11.8 Å². The van der Waals surface area contributed by atoms with Crippen LogP contribution in [-0.2, 0) is 21.8 Å². The van der Waals surface area contributed by atoms with Crippen LogP contribution in [-0.4, -0.2) is 0 Å². The van der Waals surface area contributed by atoms with Gasteiger partial charge in [0, 0.05) is 0 Å². The van der Waals surface area contributed by atoms with Crippen molar-refractivity contribution in [2.24, 2.45) is 11.8 Å². The predicted molar refractivity (Wildman–Crippen MR) is 95.5 cm³/mol. The van der Waals surface area contributed by atoms with Gasteiger partial charge in [-0.15, -0.1) is 0 Å². The topological polar surface area (TPSA) is 0 Å². The molecule has 126 valence electrons. The summed E-state index contributed by atoms with van der Waals surface area (Å²) in [6.45, 7) is 23.0. The minimum Gasteiger partial charge on any atom is -1.00 e. The number of hydrogen-bond donors (Lipinski definition) is 0. The van der Waals surface area contributed by atoms with Crippen LogP contribution in [0.3, 0.4) is 0 Å². The third-order valence-electron chi connectivity index (χ3n) is 6.28. The summed E-state index contributed by atoms with van der Waals surface area (Å²) in [5, 5.41) is 0. The Kier molecular flexibility index (Phi) is 7.13. The van der Waals surface area contributed by atoms with Gasteiger partial charge in [0.05, 0.1) is 0 Å². The first-order chi connectivity index (χ1) is 10.2. The van der Waals surface area contributed by atoms with E-state index in [0.717, 1.165) is 0 Å². The molecule has 23 heavy (non-hydrogen) atoms. The predicted octanol–water partition coefficient (Wildman–Crippen LogP) is 3.73. The van der Waals surface area contributed by atoms with Crippen LogP contribution >= 0.6 is 0 Å². The molecule has 0 aliphatic heterocycles. The molecule has 0 aromatic rings. The number of rotatable bonds is 4. The molecule has 0 radical (unpaired) electrons. The zero-order valence-corrected chi connectivity index (χ0v) is 19.2. The number of halogens is 1. The van der Waals surface area contributed by atoms with Gasteiger partial charge in [0.25, 0.3) is 0 Å². The van der Waals surface area contributed by atoms with Crippen LogP contribution < -0.4 is 12.4 Å². The molecule has 2 aliphatic carbocycles. The first-order valence-corrected chi connectivity index (χ1v) is 12.7. The zero-order valence-electron chi connectivity index (χ0n) is 16.0. The van der Waals surface area contributed by atoms with Crippen molar-refractivity contribution in [3.8, 4) is 0 Å². The normalized spacial score (nSPS) is 24.7. The molecule has 0 amide bonds. The zero-order chi connectivity index (χ0) is 16.8. The fraction of sp³-hybridized carbons (Fsp3) is 0.524. The average Bonchev–Trinajstić information content (AvgIpc) is 2.79. The summed E-state index contributed by atoms with van der Waals surface area (Å²) in [4.78, 5) is 0. The standard InChI is InChI=1S/2C9H13.C3H5.ClH.Zr/c2*1-6-5-7(2)9(4)8(6)3;1-3-2;;/h2*6H,1-4H3;3H,1-2H2;1H;/q;;;;+1/p-1. The molecule has 2 unspecified atom stereocenters. The van der Waals surface area contributed by atoms with Gasteiger partial charge in [-0.3, -0.25) is 0 Å². The second-order valence-electron chi connectivity index (χ2n) is 7.11. The van der Waals surface area contributed by atoms with Gasteiger partial charge in [0.15, 0.2) is 0 Å². The van der Waals surface area contributed by atoms with Crippen LogP contribution in [0, 0.1) is 11.8 Å². The van der Waals surface area contributed by atoms with Crippen LogP contribution in [0.1, 0.15) is 55.4 Å². The van der Waals surface area contributed by atoms with Gasteiger partial charge in [0.2, 0.25) is 0 Å². The van der Waals surface area contributed by atoms with Gasteiger partial charge in [-0.25, -0.2) is 0 Å². The van der Waals surface area contributed by atoms with Crippen molar-refractivity contribution in [2.45, 2.75) is 59.5 Å². The summed E-state index contributed by atoms with van der Waals surface area (Å²) < 4.78 is 4.92. The van der Waals surface area contributed by atoms with Crippen molar-refractivity contribution in [3.05, 3.63) is 52.7 Å². The smallest absolute Gasteiger partial charge is 1.00 e. The molecule has 0 heterocycles. The van der Waals surface area contributed by atoms with E-state index in [2.05, 4.69) is 68.0 Å². The summed E-state index contributed by atoms with van der Waals surface area (Å²) in [6.07, 6.45) is 2.20. The minimum absolute atomic E-state index is 0. The summed E-state index contributed by atoms with van der Waals surface area (Å²) in [7, 11) is 0. The van der Waals surface area contributed by atoms with E-state index in [4.69, 9.17) is 0 Å². The maximum atomic E-state index is 4.10. The molecular formula is C21H31ClZr. The van der Waals surface area contributed by atoms with Crippen molar-refractivity contribution in [3.63, 3.8) is 0 Å². The molecule has 2 rings (SSSR count). The van der Waals surface area contributed by atoms with E-state index in [-0.39, 0.29) is 12.4 Å².